The van der Waals surface area contributed by atoms with Gasteiger partial charge in [-0.2, -0.15) is 0 Å². The molecule has 0 spiro atoms. The number of nitrogens with one attached hydrogen (secondary N) is 1. The Morgan fingerprint density at radius 1 is 0.731 bits per heavy atom. The normalized spacial score (nSPS) is 11.0. The fourth-order valence-corrected chi connectivity index (χ4v) is 5.42. The number of carbonyl (C=O) groups is 1. The maximum absolute atomic E-state index is 12.5. The Kier molecular flexibility index (Phi) is 15.9. The van der Waals surface area contributed by atoms with Gasteiger partial charge in [0.2, 0.25) is 5.89 Å². The van der Waals surface area contributed by atoms with Crippen LogP contribution < -0.4 is 24.3 Å². The van der Waals surface area contributed by atoms with Crippen molar-refractivity contribution in [2.24, 2.45) is 0 Å². The summed E-state index contributed by atoms with van der Waals surface area (Å²) < 4.78 is 47.8. The summed E-state index contributed by atoms with van der Waals surface area (Å²) >= 11 is 13.0. The van der Waals surface area contributed by atoms with Crippen molar-refractivity contribution in [3.8, 4) is 34.5 Å². The number of carbonyl (C=O) groups excluding carboxylic acids is 1. The average Bonchev–Trinajstić information content (AvgIpc) is 3.70. The molecule has 0 aliphatic carbocycles. The quantitative estimate of drug-likeness (QED) is 0.0751. The van der Waals surface area contributed by atoms with Gasteiger partial charge in [0.25, 0.3) is 5.91 Å². The minimum absolute atomic E-state index is 0.178. The molecule has 5 aromatic rings. The van der Waals surface area contributed by atoms with E-state index in [-0.39, 0.29) is 23.0 Å². The van der Waals surface area contributed by atoms with Crippen molar-refractivity contribution in [2.75, 3.05) is 75.6 Å². The zero-order valence-electron chi connectivity index (χ0n) is 29.8. The molecule has 14 nitrogen and oxygen atoms in total. The monoisotopic (exact) mass is 760 g/mol. The molecule has 3 heterocycles. The lowest BCUT2D eigenvalue weighted by atomic mass is 10.1. The molecule has 2 aromatic carbocycles. The lowest BCUT2D eigenvalue weighted by Gasteiger charge is -2.15. The molecule has 0 radical (unpaired) electrons. The molecule has 1 N–H and O–H groups in total. The Morgan fingerprint density at radius 3 is 1.79 bits per heavy atom. The minimum atomic E-state index is -0.547. The number of amides is 1. The molecule has 0 fully saturated rings. The highest BCUT2D eigenvalue weighted by Gasteiger charge is 2.19. The van der Waals surface area contributed by atoms with Crippen LogP contribution in [0.25, 0.3) is 33.3 Å². The first-order chi connectivity index (χ1) is 25.3. The SMILES string of the molecule is COCCCOc1cc2ncc(-c3ncco3)c(Cl)c2cc1OC.COCCCOc1cc2ncc(C(=O)NCC(OC)OC)c(Cl)c2cc1OC. The van der Waals surface area contributed by atoms with Crippen LogP contribution in [0, 0.1) is 0 Å². The maximum Gasteiger partial charge on any atom is 0.254 e. The first-order valence-corrected chi connectivity index (χ1v) is 16.8. The number of methoxy groups -OCH3 is 6. The van der Waals surface area contributed by atoms with E-state index in [0.29, 0.717) is 82.3 Å². The number of hydrogen-bond donors (Lipinski definition) is 1. The average molecular weight is 762 g/mol. The summed E-state index contributed by atoms with van der Waals surface area (Å²) in [7, 11) is 9.41. The highest BCUT2D eigenvalue weighted by molar-refractivity contribution is 6.38. The first kappa shape index (κ1) is 40.3. The van der Waals surface area contributed by atoms with E-state index in [9.17, 15) is 4.79 Å². The Hall–Kier alpha value is -4.44. The maximum atomic E-state index is 12.5. The van der Waals surface area contributed by atoms with Crippen LogP contribution in [-0.2, 0) is 18.9 Å². The van der Waals surface area contributed by atoms with E-state index in [2.05, 4.69) is 20.3 Å². The topological polar surface area (TPSA) is 155 Å². The molecule has 52 heavy (non-hydrogen) atoms. The number of aromatic nitrogens is 3. The number of rotatable bonds is 18. The summed E-state index contributed by atoms with van der Waals surface area (Å²) in [5.74, 6) is 2.31. The van der Waals surface area contributed by atoms with Crippen LogP contribution in [-0.4, -0.2) is 103 Å². The highest BCUT2D eigenvalue weighted by Crippen LogP contribution is 2.39. The van der Waals surface area contributed by atoms with Gasteiger partial charge in [0.1, 0.15) is 6.26 Å². The van der Waals surface area contributed by atoms with E-state index in [0.717, 1.165) is 18.2 Å². The Bertz CT molecular complexity index is 1890. The van der Waals surface area contributed by atoms with Gasteiger partial charge in [-0.25, -0.2) is 4.98 Å². The summed E-state index contributed by atoms with van der Waals surface area (Å²) in [6, 6.07) is 7.07. The third-order valence-corrected chi connectivity index (χ3v) is 8.35. The van der Waals surface area contributed by atoms with Gasteiger partial charge in [0, 0.05) is 89.8 Å². The predicted molar refractivity (Wildman–Crippen MR) is 196 cm³/mol. The molecular formula is C36H42Cl2N4O10. The highest BCUT2D eigenvalue weighted by atomic mass is 35.5. The van der Waals surface area contributed by atoms with Gasteiger partial charge in [-0.1, -0.05) is 23.2 Å². The van der Waals surface area contributed by atoms with Crippen molar-refractivity contribution < 1.29 is 47.1 Å². The van der Waals surface area contributed by atoms with Crippen molar-refractivity contribution in [1.82, 2.24) is 20.3 Å². The van der Waals surface area contributed by atoms with Gasteiger partial charge >= 0.3 is 0 Å². The Balaban J connectivity index is 0.000000235. The number of nitrogens with zero attached hydrogens (tertiary/aromatic N) is 3. The van der Waals surface area contributed by atoms with Crippen molar-refractivity contribution in [3.05, 3.63) is 64.7 Å². The lowest BCUT2D eigenvalue weighted by Crippen LogP contribution is -2.34. The van der Waals surface area contributed by atoms with Crippen molar-refractivity contribution in [2.45, 2.75) is 19.1 Å². The first-order valence-electron chi connectivity index (χ1n) is 16.1. The number of ether oxygens (including phenoxy) is 8. The van der Waals surface area contributed by atoms with Crippen LogP contribution in [0.2, 0.25) is 10.0 Å². The smallest absolute Gasteiger partial charge is 0.254 e. The largest absolute Gasteiger partial charge is 0.493 e. The van der Waals surface area contributed by atoms with E-state index < -0.39 is 6.29 Å². The van der Waals surface area contributed by atoms with Crippen molar-refractivity contribution in [3.63, 3.8) is 0 Å². The van der Waals surface area contributed by atoms with Gasteiger partial charge < -0.3 is 47.6 Å². The summed E-state index contributed by atoms with van der Waals surface area (Å²) in [5, 5.41) is 4.82. The molecule has 0 atom stereocenters. The molecule has 5 rings (SSSR count). The fraction of sp³-hybridized carbons (Fsp3) is 0.389. The second-order valence-corrected chi connectivity index (χ2v) is 11.6. The van der Waals surface area contributed by atoms with Gasteiger partial charge in [-0.05, 0) is 12.1 Å². The molecule has 0 unspecified atom stereocenters. The van der Waals surface area contributed by atoms with Crippen molar-refractivity contribution >= 4 is 50.9 Å². The molecule has 16 heteroatoms. The number of hydrogen-bond acceptors (Lipinski definition) is 13. The van der Waals surface area contributed by atoms with Gasteiger partial charge in [0.05, 0.1) is 72.4 Å². The second kappa shape index (κ2) is 20.6. The molecule has 1 amide bonds. The summed E-state index contributed by atoms with van der Waals surface area (Å²) in [6.45, 7) is 2.42. The number of benzene rings is 2. The van der Waals surface area contributed by atoms with E-state index in [1.165, 1.54) is 33.8 Å². The molecule has 280 valence electrons. The van der Waals surface area contributed by atoms with E-state index in [1.807, 2.05) is 12.1 Å². The third-order valence-electron chi connectivity index (χ3n) is 7.54. The fourth-order valence-electron chi connectivity index (χ4n) is 4.85. The molecule has 3 aromatic heterocycles. The molecule has 0 aliphatic rings. The zero-order valence-corrected chi connectivity index (χ0v) is 31.3. The summed E-state index contributed by atoms with van der Waals surface area (Å²) in [6.07, 6.45) is 7.10. The van der Waals surface area contributed by atoms with Crippen LogP contribution in [0.4, 0.5) is 0 Å². The summed E-state index contributed by atoms with van der Waals surface area (Å²) in [5.41, 5.74) is 2.18. The van der Waals surface area contributed by atoms with E-state index in [4.69, 9.17) is 65.5 Å². The van der Waals surface area contributed by atoms with Gasteiger partial charge in [-0.3, -0.25) is 14.8 Å². The van der Waals surface area contributed by atoms with Gasteiger partial charge in [-0.15, -0.1) is 0 Å². The van der Waals surface area contributed by atoms with Crippen molar-refractivity contribution in [1.29, 1.82) is 0 Å². The van der Waals surface area contributed by atoms with Crippen LogP contribution in [0.3, 0.4) is 0 Å². The molecule has 0 saturated heterocycles. The number of halogens is 2. The van der Waals surface area contributed by atoms with E-state index in [1.54, 1.807) is 45.9 Å². The second-order valence-electron chi connectivity index (χ2n) is 10.9. The molecular weight excluding hydrogens is 719 g/mol. The lowest BCUT2D eigenvalue weighted by molar-refractivity contribution is -0.0974. The van der Waals surface area contributed by atoms with Crippen LogP contribution in [0.5, 0.6) is 23.0 Å². The third kappa shape index (κ3) is 10.3. The molecule has 0 aliphatic heterocycles. The summed E-state index contributed by atoms with van der Waals surface area (Å²) in [4.78, 5) is 25.3. The van der Waals surface area contributed by atoms with Crippen LogP contribution >= 0.6 is 23.2 Å². The van der Waals surface area contributed by atoms with Crippen LogP contribution in [0.15, 0.2) is 53.5 Å². The standard InChI is InChI=1S/C19H25ClN2O6.C17H17ClN2O4/c1-24-6-5-7-28-16-9-14-12(8-15(16)25-2)18(20)13(10-21-14)19(23)22-11-17(26-3)27-4;1-21-5-3-6-23-15-9-13-11(8-14(15)22-2)16(18)12(10-20-13)17-19-4-7-24-17/h8-10,17H,5-7,11H2,1-4H3,(H,22,23);4,7-10H,3,5-6H2,1-2H3. The number of oxazole rings is 1. The molecule has 0 bridgehead atoms. The minimum Gasteiger partial charge on any atom is -0.493 e. The number of pyridine rings is 2. The zero-order chi connectivity index (χ0) is 37.5. The van der Waals surface area contributed by atoms with Gasteiger partial charge in [0.15, 0.2) is 29.3 Å². The predicted octanol–water partition coefficient (Wildman–Crippen LogP) is 6.63. The number of fused-ring (bicyclic) bond motifs is 2. The van der Waals surface area contributed by atoms with E-state index >= 15 is 0 Å². The molecule has 0 saturated carbocycles. The Morgan fingerprint density at radius 2 is 1.29 bits per heavy atom. The van der Waals surface area contributed by atoms with Crippen LogP contribution in [0.1, 0.15) is 23.2 Å². The Labute approximate surface area is 311 Å².